The van der Waals surface area contributed by atoms with Gasteiger partial charge in [0, 0.05) is 0 Å². The van der Waals surface area contributed by atoms with Crippen molar-refractivity contribution >= 4 is 12.0 Å². The van der Waals surface area contributed by atoms with Gasteiger partial charge in [-0.05, 0) is 53.5 Å². The zero-order chi connectivity index (χ0) is 20.5. The third kappa shape index (κ3) is 5.57. The Morgan fingerprint density at radius 3 is 2.14 bits per heavy atom. The lowest BCUT2D eigenvalue weighted by Gasteiger charge is -2.06. The van der Waals surface area contributed by atoms with E-state index in [1.807, 2.05) is 67.6 Å². The lowest BCUT2D eigenvalue weighted by atomic mass is 10.1. The molecule has 0 N–H and O–H groups in total. The molecule has 3 aromatic rings. The van der Waals surface area contributed by atoms with Crippen molar-refractivity contribution in [2.75, 3.05) is 6.61 Å². The number of rotatable bonds is 7. The molecule has 0 aliphatic heterocycles. The van der Waals surface area contributed by atoms with Crippen molar-refractivity contribution in [3.63, 3.8) is 0 Å². The summed E-state index contributed by atoms with van der Waals surface area (Å²) in [5.74, 6) is 0.453. The largest absolute Gasteiger partial charge is 0.494 e. The van der Waals surface area contributed by atoms with Crippen molar-refractivity contribution in [3.05, 3.63) is 90.0 Å². The number of benzene rings is 3. The van der Waals surface area contributed by atoms with Crippen LogP contribution in [0.2, 0.25) is 0 Å². The molecule has 3 rings (SSSR count). The van der Waals surface area contributed by atoms with Crippen LogP contribution in [0.1, 0.15) is 18.9 Å². The molecule has 0 amide bonds. The first-order chi connectivity index (χ1) is 14.2. The Labute approximate surface area is 170 Å². The Kier molecular flexibility index (Phi) is 6.80. The molecule has 144 valence electrons. The van der Waals surface area contributed by atoms with Crippen LogP contribution in [0.25, 0.3) is 17.2 Å². The smallest absolute Gasteiger partial charge is 0.354 e. The highest BCUT2D eigenvalue weighted by molar-refractivity contribution is 5.99. The average Bonchev–Trinajstić information content (AvgIpc) is 2.78. The summed E-state index contributed by atoms with van der Waals surface area (Å²) < 4.78 is 10.9. The maximum Gasteiger partial charge on any atom is 0.354 e. The van der Waals surface area contributed by atoms with Gasteiger partial charge in [0.25, 0.3) is 0 Å². The second-order valence-corrected chi connectivity index (χ2v) is 6.37. The SMILES string of the molecule is CCCOc1ccc(C=C(C#N)C(=O)Oc2ccc(-c3ccccc3)cc2)cc1. The fraction of sp³-hybridized carbons (Fsp3) is 0.120. The summed E-state index contributed by atoms with van der Waals surface area (Å²) in [6, 6.07) is 26.2. The second kappa shape index (κ2) is 9.91. The normalized spacial score (nSPS) is 10.8. The Bertz CT molecular complexity index is 1010. The molecule has 0 aliphatic carbocycles. The van der Waals surface area contributed by atoms with Gasteiger partial charge in [-0.1, -0.05) is 61.5 Å². The number of hydrogen-bond acceptors (Lipinski definition) is 4. The molecule has 0 heterocycles. The molecule has 29 heavy (non-hydrogen) atoms. The summed E-state index contributed by atoms with van der Waals surface area (Å²) in [6.45, 7) is 2.69. The Balaban J connectivity index is 1.68. The lowest BCUT2D eigenvalue weighted by Crippen LogP contribution is -2.10. The summed E-state index contributed by atoms with van der Waals surface area (Å²) in [5.41, 5.74) is 2.75. The van der Waals surface area contributed by atoms with E-state index in [1.165, 1.54) is 6.08 Å². The molecule has 0 fully saturated rings. The molecular formula is C25H21NO3. The van der Waals surface area contributed by atoms with Gasteiger partial charge in [0.05, 0.1) is 6.61 Å². The van der Waals surface area contributed by atoms with E-state index < -0.39 is 5.97 Å². The molecule has 0 aromatic heterocycles. The number of carbonyl (C=O) groups excluding carboxylic acids is 1. The Morgan fingerprint density at radius 1 is 0.897 bits per heavy atom. The van der Waals surface area contributed by atoms with Crippen LogP contribution in [-0.4, -0.2) is 12.6 Å². The van der Waals surface area contributed by atoms with Gasteiger partial charge >= 0.3 is 5.97 Å². The molecule has 0 atom stereocenters. The molecule has 4 nitrogen and oxygen atoms in total. The monoisotopic (exact) mass is 383 g/mol. The summed E-state index contributed by atoms with van der Waals surface area (Å²) in [5, 5.41) is 9.36. The molecule has 0 radical (unpaired) electrons. The topological polar surface area (TPSA) is 59.3 Å². The highest BCUT2D eigenvalue weighted by Gasteiger charge is 2.12. The Morgan fingerprint density at radius 2 is 1.52 bits per heavy atom. The highest BCUT2D eigenvalue weighted by atomic mass is 16.5. The number of nitriles is 1. The summed E-state index contributed by atoms with van der Waals surface area (Å²) in [4.78, 5) is 12.4. The first-order valence-electron chi connectivity index (χ1n) is 9.42. The Hall–Kier alpha value is -3.84. The predicted octanol–water partition coefficient (Wildman–Crippen LogP) is 5.65. The minimum atomic E-state index is -0.689. The van der Waals surface area contributed by atoms with E-state index in [0.29, 0.717) is 12.4 Å². The van der Waals surface area contributed by atoms with Crippen molar-refractivity contribution in [3.8, 4) is 28.7 Å². The highest BCUT2D eigenvalue weighted by Crippen LogP contribution is 2.23. The van der Waals surface area contributed by atoms with E-state index in [-0.39, 0.29) is 5.57 Å². The zero-order valence-electron chi connectivity index (χ0n) is 16.2. The van der Waals surface area contributed by atoms with Crippen LogP contribution >= 0.6 is 0 Å². The standard InChI is InChI=1S/C25H21NO3/c1-2-16-28-23-12-8-19(9-13-23)17-22(18-26)25(27)29-24-14-10-21(11-15-24)20-6-4-3-5-7-20/h3-15,17H,2,16H2,1H3. The third-order valence-corrected chi connectivity index (χ3v) is 4.18. The molecule has 0 saturated heterocycles. The number of esters is 1. The second-order valence-electron chi connectivity index (χ2n) is 6.37. The zero-order valence-corrected chi connectivity index (χ0v) is 16.2. The minimum Gasteiger partial charge on any atom is -0.494 e. The average molecular weight is 383 g/mol. The third-order valence-electron chi connectivity index (χ3n) is 4.18. The molecule has 0 spiro atoms. The number of ether oxygens (including phenoxy) is 2. The van der Waals surface area contributed by atoms with Crippen molar-refractivity contribution < 1.29 is 14.3 Å². The van der Waals surface area contributed by atoms with E-state index in [4.69, 9.17) is 9.47 Å². The van der Waals surface area contributed by atoms with Gasteiger partial charge in [0.15, 0.2) is 0 Å². The number of nitrogens with zero attached hydrogens (tertiary/aromatic N) is 1. The summed E-state index contributed by atoms with van der Waals surface area (Å²) >= 11 is 0. The molecule has 4 heteroatoms. The van der Waals surface area contributed by atoms with Crippen molar-refractivity contribution in [1.29, 1.82) is 5.26 Å². The fourth-order valence-electron chi connectivity index (χ4n) is 2.69. The minimum absolute atomic E-state index is 0.0700. The van der Waals surface area contributed by atoms with Gasteiger partial charge in [-0.25, -0.2) is 4.79 Å². The predicted molar refractivity (Wildman–Crippen MR) is 113 cm³/mol. The van der Waals surface area contributed by atoms with Gasteiger partial charge in [-0.2, -0.15) is 5.26 Å². The van der Waals surface area contributed by atoms with Gasteiger partial charge in [-0.3, -0.25) is 0 Å². The van der Waals surface area contributed by atoms with E-state index in [0.717, 1.165) is 28.9 Å². The molecule has 0 saturated carbocycles. The molecule has 0 unspecified atom stereocenters. The van der Waals surface area contributed by atoms with E-state index in [2.05, 4.69) is 0 Å². The van der Waals surface area contributed by atoms with Crippen molar-refractivity contribution in [2.45, 2.75) is 13.3 Å². The number of carbonyl (C=O) groups is 1. The first kappa shape index (κ1) is 19.9. The van der Waals surface area contributed by atoms with Crippen LogP contribution < -0.4 is 9.47 Å². The van der Waals surface area contributed by atoms with Crippen LogP contribution in [0, 0.1) is 11.3 Å². The van der Waals surface area contributed by atoms with Gasteiger partial charge in [0.1, 0.15) is 23.1 Å². The maximum atomic E-state index is 12.4. The summed E-state index contributed by atoms with van der Waals surface area (Å²) in [7, 11) is 0. The van der Waals surface area contributed by atoms with Crippen molar-refractivity contribution in [2.24, 2.45) is 0 Å². The van der Waals surface area contributed by atoms with Gasteiger partial charge in [-0.15, -0.1) is 0 Å². The first-order valence-corrected chi connectivity index (χ1v) is 9.42. The van der Waals surface area contributed by atoms with Gasteiger partial charge in [0.2, 0.25) is 0 Å². The fourth-order valence-corrected chi connectivity index (χ4v) is 2.69. The quantitative estimate of drug-likeness (QED) is 0.229. The molecule has 3 aromatic carbocycles. The maximum absolute atomic E-state index is 12.4. The van der Waals surface area contributed by atoms with Crippen LogP contribution in [-0.2, 0) is 4.79 Å². The van der Waals surface area contributed by atoms with Crippen LogP contribution in [0.5, 0.6) is 11.5 Å². The summed E-state index contributed by atoms with van der Waals surface area (Å²) in [6.07, 6.45) is 2.43. The van der Waals surface area contributed by atoms with Crippen LogP contribution in [0.3, 0.4) is 0 Å². The van der Waals surface area contributed by atoms with Crippen LogP contribution in [0.15, 0.2) is 84.4 Å². The lowest BCUT2D eigenvalue weighted by molar-refractivity contribution is -0.129. The molecular weight excluding hydrogens is 362 g/mol. The van der Waals surface area contributed by atoms with E-state index in [9.17, 15) is 10.1 Å². The van der Waals surface area contributed by atoms with Crippen LogP contribution in [0.4, 0.5) is 0 Å². The molecule has 0 aliphatic rings. The van der Waals surface area contributed by atoms with Crippen molar-refractivity contribution in [1.82, 2.24) is 0 Å². The van der Waals surface area contributed by atoms with Gasteiger partial charge < -0.3 is 9.47 Å². The van der Waals surface area contributed by atoms with E-state index in [1.54, 1.807) is 24.3 Å². The molecule has 0 bridgehead atoms. The number of hydrogen-bond donors (Lipinski definition) is 0. The van der Waals surface area contributed by atoms with E-state index >= 15 is 0 Å².